The number of halogens is 3. The molecule has 2 atom stereocenters. The van der Waals surface area contributed by atoms with E-state index < -0.39 is 11.7 Å². The minimum absolute atomic E-state index is 0.243. The van der Waals surface area contributed by atoms with E-state index in [-0.39, 0.29) is 5.41 Å². The topological polar surface area (TPSA) is 57.7 Å². The molecule has 1 spiro atoms. The maximum Gasteiger partial charge on any atom is 0.416 e. The monoisotopic (exact) mass is 497 g/mol. The lowest BCUT2D eigenvalue weighted by atomic mass is 9.97. The molecule has 0 amide bonds. The molecule has 2 heterocycles. The second-order valence-corrected chi connectivity index (χ2v) is 10.6. The van der Waals surface area contributed by atoms with Gasteiger partial charge in [0.2, 0.25) is 0 Å². The van der Waals surface area contributed by atoms with Gasteiger partial charge < -0.3 is 9.47 Å². The summed E-state index contributed by atoms with van der Waals surface area (Å²) in [4.78, 5) is 2.49. The number of aromatic nitrogens is 3. The Bertz CT molecular complexity index is 1230. The molecule has 1 saturated carbocycles. The smallest absolute Gasteiger partial charge is 0.305 e. The molecule has 182 valence electrons. The predicted octanol–water partition coefficient (Wildman–Crippen LogP) is 5.73. The molecular weight excluding hydrogens is 471 g/mol. The minimum Gasteiger partial charge on any atom is -0.305 e. The Morgan fingerprint density at radius 1 is 1.11 bits per heavy atom. The van der Waals surface area contributed by atoms with Crippen LogP contribution in [0.25, 0.3) is 11.4 Å². The maximum absolute atomic E-state index is 12.8. The van der Waals surface area contributed by atoms with Crippen molar-refractivity contribution in [2.24, 2.45) is 12.5 Å². The summed E-state index contributed by atoms with van der Waals surface area (Å²) >= 11 is 1.69. The van der Waals surface area contributed by atoms with Crippen LogP contribution < -0.4 is 0 Å². The molecule has 1 saturated heterocycles. The standard InChI is InChI=1S/C26H26F3N5S/c1-33-23(20-5-3-18(16-30)4-6-20)31-32-24(33)35-14-2-12-34-13-11-25(17-34)15-22(25)19-7-9-21(10-8-19)26(27,28)29/h3-10,22H,2,11-15,17H2,1H3. The van der Waals surface area contributed by atoms with Crippen molar-refractivity contribution in [1.82, 2.24) is 19.7 Å². The zero-order valence-electron chi connectivity index (χ0n) is 19.4. The van der Waals surface area contributed by atoms with Crippen molar-refractivity contribution in [2.45, 2.75) is 36.5 Å². The number of alkyl halides is 3. The van der Waals surface area contributed by atoms with Gasteiger partial charge in [-0.25, -0.2) is 0 Å². The van der Waals surface area contributed by atoms with Gasteiger partial charge in [0.15, 0.2) is 11.0 Å². The Balaban J connectivity index is 1.09. The van der Waals surface area contributed by atoms with Gasteiger partial charge in [0.25, 0.3) is 0 Å². The largest absolute Gasteiger partial charge is 0.416 e. The van der Waals surface area contributed by atoms with Crippen LogP contribution in [0.5, 0.6) is 0 Å². The predicted molar refractivity (Wildman–Crippen MR) is 129 cm³/mol. The quantitative estimate of drug-likeness (QED) is 0.308. The Kier molecular flexibility index (Phi) is 6.36. The fourth-order valence-electron chi connectivity index (χ4n) is 5.19. The Morgan fingerprint density at radius 2 is 1.86 bits per heavy atom. The second-order valence-electron chi connectivity index (χ2n) is 9.52. The van der Waals surface area contributed by atoms with Gasteiger partial charge in [-0.05, 0) is 85.6 Å². The van der Waals surface area contributed by atoms with Crippen LogP contribution in [0.2, 0.25) is 0 Å². The van der Waals surface area contributed by atoms with Crippen LogP contribution in [-0.4, -0.2) is 45.1 Å². The van der Waals surface area contributed by atoms with E-state index in [0.29, 0.717) is 11.5 Å². The lowest BCUT2D eigenvalue weighted by Gasteiger charge is -2.16. The number of benzene rings is 2. The number of rotatable bonds is 7. The fraction of sp³-hybridized carbons (Fsp3) is 0.423. The van der Waals surface area contributed by atoms with Crippen LogP contribution in [0.1, 0.15) is 41.9 Å². The van der Waals surface area contributed by atoms with Crippen molar-refractivity contribution in [3.63, 3.8) is 0 Å². The number of hydrogen-bond acceptors (Lipinski definition) is 5. The highest BCUT2D eigenvalue weighted by molar-refractivity contribution is 7.99. The van der Waals surface area contributed by atoms with Gasteiger partial charge in [0, 0.05) is 24.9 Å². The molecule has 2 aromatic carbocycles. The van der Waals surface area contributed by atoms with Crippen molar-refractivity contribution in [2.75, 3.05) is 25.4 Å². The molecule has 5 nitrogen and oxygen atoms in total. The van der Waals surface area contributed by atoms with Gasteiger partial charge in [0.1, 0.15) is 0 Å². The molecule has 0 bridgehead atoms. The molecule has 1 aliphatic heterocycles. The minimum atomic E-state index is -4.28. The average Bonchev–Trinajstić information content (AvgIpc) is 3.20. The molecule has 0 N–H and O–H groups in total. The number of thioether (sulfide) groups is 1. The lowest BCUT2D eigenvalue weighted by molar-refractivity contribution is -0.137. The van der Waals surface area contributed by atoms with E-state index >= 15 is 0 Å². The van der Waals surface area contributed by atoms with Crippen molar-refractivity contribution in [3.8, 4) is 17.5 Å². The summed E-state index contributed by atoms with van der Waals surface area (Å²) in [5.41, 5.74) is 2.25. The SMILES string of the molecule is Cn1c(SCCCN2CCC3(CC3c3ccc(C(F)(F)F)cc3)C2)nnc1-c1ccc(C#N)cc1. The van der Waals surface area contributed by atoms with E-state index in [1.165, 1.54) is 12.1 Å². The lowest BCUT2D eigenvalue weighted by Crippen LogP contribution is -2.23. The van der Waals surface area contributed by atoms with Gasteiger partial charge in [0.05, 0.1) is 17.2 Å². The van der Waals surface area contributed by atoms with E-state index in [1.807, 2.05) is 23.7 Å². The molecule has 1 aliphatic carbocycles. The first-order chi connectivity index (χ1) is 16.8. The highest BCUT2D eigenvalue weighted by Crippen LogP contribution is 2.64. The molecule has 35 heavy (non-hydrogen) atoms. The number of hydrogen-bond donors (Lipinski definition) is 0. The molecule has 5 rings (SSSR count). The van der Waals surface area contributed by atoms with E-state index in [1.54, 1.807) is 36.0 Å². The van der Waals surface area contributed by atoms with Crippen LogP contribution in [0.15, 0.2) is 53.7 Å². The van der Waals surface area contributed by atoms with Crippen LogP contribution in [0.3, 0.4) is 0 Å². The Labute approximate surface area is 207 Å². The summed E-state index contributed by atoms with van der Waals surface area (Å²) in [7, 11) is 1.95. The first-order valence-corrected chi connectivity index (χ1v) is 12.7. The fourth-order valence-corrected chi connectivity index (χ4v) is 6.02. The van der Waals surface area contributed by atoms with Crippen molar-refractivity contribution in [1.29, 1.82) is 5.26 Å². The molecule has 3 aromatic rings. The maximum atomic E-state index is 12.8. The molecular formula is C26H26F3N5S. The molecule has 0 radical (unpaired) electrons. The summed E-state index contributed by atoms with van der Waals surface area (Å²) < 4.78 is 40.5. The van der Waals surface area contributed by atoms with Crippen LogP contribution in [0, 0.1) is 16.7 Å². The van der Waals surface area contributed by atoms with Crippen LogP contribution >= 0.6 is 11.8 Å². The van der Waals surface area contributed by atoms with E-state index in [2.05, 4.69) is 21.2 Å². The highest BCUT2D eigenvalue weighted by Gasteiger charge is 2.57. The summed E-state index contributed by atoms with van der Waals surface area (Å²) in [6.45, 7) is 3.08. The Hall–Kier alpha value is -2.83. The number of nitrogens with zero attached hydrogens (tertiary/aromatic N) is 5. The summed E-state index contributed by atoms with van der Waals surface area (Å²) in [5, 5.41) is 18.5. The van der Waals surface area contributed by atoms with E-state index in [9.17, 15) is 13.2 Å². The summed E-state index contributed by atoms with van der Waals surface area (Å²) in [6.07, 6.45) is -1.06. The molecule has 2 fully saturated rings. The zero-order valence-corrected chi connectivity index (χ0v) is 20.2. The molecule has 1 aromatic heterocycles. The Morgan fingerprint density at radius 3 is 2.54 bits per heavy atom. The van der Waals surface area contributed by atoms with Crippen molar-refractivity contribution < 1.29 is 13.2 Å². The van der Waals surface area contributed by atoms with Crippen molar-refractivity contribution in [3.05, 3.63) is 65.2 Å². The number of likely N-dealkylation sites (tertiary alicyclic amines) is 1. The first kappa shape index (κ1) is 23.9. The zero-order chi connectivity index (χ0) is 24.6. The van der Waals surface area contributed by atoms with Gasteiger partial charge >= 0.3 is 6.18 Å². The van der Waals surface area contributed by atoms with Crippen LogP contribution in [-0.2, 0) is 13.2 Å². The van der Waals surface area contributed by atoms with Gasteiger partial charge in [-0.3, -0.25) is 0 Å². The second kappa shape index (κ2) is 9.32. The third-order valence-electron chi connectivity index (χ3n) is 7.25. The normalized spacial score (nSPS) is 22.0. The summed E-state index contributed by atoms with van der Waals surface area (Å²) in [5.74, 6) is 2.09. The average molecular weight is 498 g/mol. The van der Waals surface area contributed by atoms with Gasteiger partial charge in [-0.2, -0.15) is 18.4 Å². The third-order valence-corrected chi connectivity index (χ3v) is 8.36. The highest BCUT2D eigenvalue weighted by atomic mass is 32.2. The number of nitriles is 1. The molecule has 9 heteroatoms. The molecule has 2 aliphatic rings. The van der Waals surface area contributed by atoms with Gasteiger partial charge in [-0.1, -0.05) is 23.9 Å². The first-order valence-electron chi connectivity index (χ1n) is 11.7. The molecule has 2 unspecified atom stereocenters. The van der Waals surface area contributed by atoms with E-state index in [4.69, 9.17) is 5.26 Å². The van der Waals surface area contributed by atoms with E-state index in [0.717, 1.165) is 66.8 Å². The van der Waals surface area contributed by atoms with Gasteiger partial charge in [-0.15, -0.1) is 10.2 Å². The third kappa shape index (κ3) is 4.95. The van der Waals surface area contributed by atoms with Crippen molar-refractivity contribution >= 4 is 11.8 Å². The van der Waals surface area contributed by atoms with Crippen LogP contribution in [0.4, 0.5) is 13.2 Å². The summed E-state index contributed by atoms with van der Waals surface area (Å²) in [6, 6.07) is 15.2.